The highest BCUT2D eigenvalue weighted by Crippen LogP contribution is 2.30. The van der Waals surface area contributed by atoms with Crippen molar-refractivity contribution in [2.24, 2.45) is 5.73 Å². The summed E-state index contributed by atoms with van der Waals surface area (Å²) < 4.78 is 0. The van der Waals surface area contributed by atoms with Crippen molar-refractivity contribution in [2.75, 3.05) is 20.1 Å². The first-order valence-corrected chi connectivity index (χ1v) is 5.74. The van der Waals surface area contributed by atoms with E-state index < -0.39 is 5.60 Å². The van der Waals surface area contributed by atoms with E-state index in [1.807, 2.05) is 0 Å². The lowest BCUT2D eigenvalue weighted by Crippen LogP contribution is -2.46. The zero-order valence-electron chi connectivity index (χ0n) is 9.50. The van der Waals surface area contributed by atoms with Crippen molar-refractivity contribution in [1.29, 1.82) is 0 Å². The van der Waals surface area contributed by atoms with Gasteiger partial charge in [0.15, 0.2) is 0 Å². The van der Waals surface area contributed by atoms with E-state index in [1.54, 1.807) is 0 Å². The third-order valence-corrected chi connectivity index (χ3v) is 3.44. The third kappa shape index (κ3) is 2.94. The van der Waals surface area contributed by atoms with Crippen LogP contribution >= 0.6 is 0 Å². The lowest BCUT2D eigenvalue weighted by atomic mass is 10.0. The molecule has 3 N–H and O–H groups in total. The van der Waals surface area contributed by atoms with Crippen molar-refractivity contribution in [3.05, 3.63) is 0 Å². The Bertz CT molecular complexity index is 163. The summed E-state index contributed by atoms with van der Waals surface area (Å²) in [5.41, 5.74) is 5.25. The molecule has 14 heavy (non-hydrogen) atoms. The van der Waals surface area contributed by atoms with Crippen molar-refractivity contribution in [1.82, 2.24) is 4.90 Å². The topological polar surface area (TPSA) is 49.5 Å². The van der Waals surface area contributed by atoms with Crippen LogP contribution in [-0.2, 0) is 0 Å². The first kappa shape index (κ1) is 12.0. The monoisotopic (exact) mass is 200 g/mol. The fourth-order valence-electron chi connectivity index (χ4n) is 2.44. The lowest BCUT2D eigenvalue weighted by molar-refractivity contribution is 0.00582. The maximum atomic E-state index is 10.2. The molecular formula is C11H24N2O. The molecule has 0 bridgehead atoms. The van der Waals surface area contributed by atoms with Gasteiger partial charge in [-0.3, -0.25) is 4.90 Å². The molecule has 3 nitrogen and oxygen atoms in total. The minimum Gasteiger partial charge on any atom is -0.389 e. The zero-order chi connectivity index (χ0) is 10.6. The van der Waals surface area contributed by atoms with Gasteiger partial charge in [0.05, 0.1) is 5.60 Å². The van der Waals surface area contributed by atoms with Gasteiger partial charge in [-0.15, -0.1) is 0 Å². The quantitative estimate of drug-likeness (QED) is 0.695. The molecule has 1 saturated carbocycles. The third-order valence-electron chi connectivity index (χ3n) is 3.44. The lowest BCUT2D eigenvalue weighted by Gasteiger charge is -2.33. The summed E-state index contributed by atoms with van der Waals surface area (Å²) in [6, 6.07) is 0.416. The first-order valence-electron chi connectivity index (χ1n) is 5.74. The van der Waals surface area contributed by atoms with E-state index >= 15 is 0 Å². The predicted octanol–water partition coefficient (Wildman–Crippen LogP) is 0.961. The van der Waals surface area contributed by atoms with Gasteiger partial charge in [0.2, 0.25) is 0 Å². The molecule has 1 rings (SSSR count). The zero-order valence-corrected chi connectivity index (χ0v) is 9.50. The highest BCUT2D eigenvalue weighted by atomic mass is 16.3. The van der Waals surface area contributed by atoms with Crippen LogP contribution in [0.5, 0.6) is 0 Å². The molecule has 1 atom stereocenters. The summed E-state index contributed by atoms with van der Waals surface area (Å²) >= 11 is 0. The second-order valence-corrected chi connectivity index (χ2v) is 4.64. The summed E-state index contributed by atoms with van der Waals surface area (Å²) in [7, 11) is 2.07. The molecule has 0 aliphatic heterocycles. The van der Waals surface area contributed by atoms with Crippen molar-refractivity contribution in [3.63, 3.8) is 0 Å². The number of likely N-dealkylation sites (N-methyl/N-ethyl adjacent to an activating group) is 1. The Morgan fingerprint density at radius 1 is 1.43 bits per heavy atom. The molecule has 1 fully saturated rings. The maximum Gasteiger partial charge on any atom is 0.0774 e. The van der Waals surface area contributed by atoms with Gasteiger partial charge in [-0.1, -0.05) is 19.8 Å². The first-order chi connectivity index (χ1) is 6.61. The SMILES string of the molecule is CCC(CN)N(C)CC1(O)CCCC1. The highest BCUT2D eigenvalue weighted by molar-refractivity contribution is 4.88. The average molecular weight is 200 g/mol. The Kier molecular flexibility index (Phi) is 4.35. The fraction of sp³-hybridized carbons (Fsp3) is 1.00. The van der Waals surface area contributed by atoms with Crippen LogP contribution in [0, 0.1) is 0 Å². The normalized spacial score (nSPS) is 22.9. The van der Waals surface area contributed by atoms with Gasteiger partial charge in [0, 0.05) is 19.1 Å². The highest BCUT2D eigenvalue weighted by Gasteiger charge is 2.33. The molecule has 3 heteroatoms. The van der Waals surface area contributed by atoms with Crippen molar-refractivity contribution < 1.29 is 5.11 Å². The van der Waals surface area contributed by atoms with Crippen LogP contribution in [0.4, 0.5) is 0 Å². The van der Waals surface area contributed by atoms with Crippen LogP contribution in [0.2, 0.25) is 0 Å². The number of nitrogens with two attached hydrogens (primary N) is 1. The molecule has 0 spiro atoms. The van der Waals surface area contributed by atoms with Gasteiger partial charge in [-0.2, -0.15) is 0 Å². The Morgan fingerprint density at radius 3 is 2.43 bits per heavy atom. The molecule has 84 valence electrons. The molecule has 1 aliphatic carbocycles. The second-order valence-electron chi connectivity index (χ2n) is 4.64. The molecule has 0 aromatic heterocycles. The number of hydrogen-bond donors (Lipinski definition) is 2. The molecule has 0 saturated heterocycles. The van der Waals surface area contributed by atoms with Crippen LogP contribution in [0.3, 0.4) is 0 Å². The van der Waals surface area contributed by atoms with Crippen LogP contribution in [0.15, 0.2) is 0 Å². The Morgan fingerprint density at radius 2 is 2.00 bits per heavy atom. The molecule has 0 aromatic rings. The number of rotatable bonds is 5. The molecule has 1 aliphatic rings. The Hall–Kier alpha value is -0.120. The van der Waals surface area contributed by atoms with E-state index in [0.717, 1.165) is 25.8 Å². The van der Waals surface area contributed by atoms with Crippen molar-refractivity contribution in [3.8, 4) is 0 Å². The van der Waals surface area contributed by atoms with Crippen LogP contribution in [-0.4, -0.2) is 41.8 Å². The van der Waals surface area contributed by atoms with Gasteiger partial charge in [0.25, 0.3) is 0 Å². The van der Waals surface area contributed by atoms with Crippen molar-refractivity contribution in [2.45, 2.75) is 50.7 Å². The smallest absolute Gasteiger partial charge is 0.0774 e. The maximum absolute atomic E-state index is 10.2. The summed E-state index contributed by atoms with van der Waals surface area (Å²) in [4.78, 5) is 2.21. The summed E-state index contributed by atoms with van der Waals surface area (Å²) in [6.07, 6.45) is 5.31. The number of hydrogen-bond acceptors (Lipinski definition) is 3. The summed E-state index contributed by atoms with van der Waals surface area (Å²) in [5, 5.41) is 10.2. The summed E-state index contributed by atoms with van der Waals surface area (Å²) in [5.74, 6) is 0. The largest absolute Gasteiger partial charge is 0.389 e. The van der Waals surface area contributed by atoms with Crippen molar-refractivity contribution >= 4 is 0 Å². The van der Waals surface area contributed by atoms with Gasteiger partial charge in [-0.25, -0.2) is 0 Å². The standard InChI is InChI=1S/C11H24N2O/c1-3-10(8-12)13(2)9-11(14)6-4-5-7-11/h10,14H,3-9,12H2,1-2H3. The van der Waals surface area contributed by atoms with E-state index in [0.29, 0.717) is 12.6 Å². The van der Waals surface area contributed by atoms with Gasteiger partial charge in [-0.05, 0) is 26.3 Å². The Balaban J connectivity index is 2.41. The minimum absolute atomic E-state index is 0.416. The molecule has 0 aromatic carbocycles. The van der Waals surface area contributed by atoms with E-state index in [2.05, 4.69) is 18.9 Å². The fourth-order valence-corrected chi connectivity index (χ4v) is 2.44. The minimum atomic E-state index is -0.433. The van der Waals surface area contributed by atoms with E-state index in [-0.39, 0.29) is 0 Å². The van der Waals surface area contributed by atoms with E-state index in [9.17, 15) is 5.11 Å². The van der Waals surface area contributed by atoms with Gasteiger partial charge >= 0.3 is 0 Å². The molecular weight excluding hydrogens is 176 g/mol. The van der Waals surface area contributed by atoms with Crippen LogP contribution in [0.1, 0.15) is 39.0 Å². The molecule has 0 heterocycles. The van der Waals surface area contributed by atoms with Gasteiger partial charge in [0.1, 0.15) is 0 Å². The van der Waals surface area contributed by atoms with Gasteiger partial charge < -0.3 is 10.8 Å². The molecule has 0 radical (unpaired) electrons. The second kappa shape index (κ2) is 5.10. The molecule has 0 amide bonds. The number of nitrogens with zero attached hydrogens (tertiary/aromatic N) is 1. The molecule has 1 unspecified atom stereocenters. The summed E-state index contributed by atoms with van der Waals surface area (Å²) in [6.45, 7) is 3.61. The Labute approximate surface area is 87.3 Å². The van der Waals surface area contributed by atoms with E-state index in [1.165, 1.54) is 12.8 Å². The predicted molar refractivity (Wildman–Crippen MR) is 59.2 cm³/mol. The van der Waals surface area contributed by atoms with Crippen LogP contribution < -0.4 is 5.73 Å². The number of aliphatic hydroxyl groups is 1. The van der Waals surface area contributed by atoms with E-state index in [4.69, 9.17) is 5.73 Å². The van der Waals surface area contributed by atoms with Crippen LogP contribution in [0.25, 0.3) is 0 Å². The average Bonchev–Trinajstić information content (AvgIpc) is 2.54.